The SMILES string of the molecule is CC(=O)CC(=O)OCC=CCC(N)=S. The van der Waals surface area contributed by atoms with Crippen molar-refractivity contribution in [3.63, 3.8) is 0 Å². The van der Waals surface area contributed by atoms with Crippen LogP contribution in [0.5, 0.6) is 0 Å². The molecule has 0 bridgehead atoms. The molecule has 0 unspecified atom stereocenters. The Labute approximate surface area is 88.1 Å². The van der Waals surface area contributed by atoms with Gasteiger partial charge in [-0.1, -0.05) is 24.4 Å². The molecule has 0 aliphatic heterocycles. The van der Waals surface area contributed by atoms with Crippen LogP contribution in [-0.2, 0) is 14.3 Å². The second-order valence-corrected chi connectivity index (χ2v) is 3.23. The fraction of sp³-hybridized carbons (Fsp3) is 0.444. The molecule has 0 aromatic carbocycles. The van der Waals surface area contributed by atoms with Gasteiger partial charge in [0.15, 0.2) is 0 Å². The van der Waals surface area contributed by atoms with Gasteiger partial charge in [0, 0.05) is 6.42 Å². The molecule has 0 atom stereocenters. The first kappa shape index (κ1) is 12.8. The summed E-state index contributed by atoms with van der Waals surface area (Å²) >= 11 is 4.63. The summed E-state index contributed by atoms with van der Waals surface area (Å²) in [5.74, 6) is -0.723. The van der Waals surface area contributed by atoms with Crippen LogP contribution in [0.2, 0.25) is 0 Å². The number of rotatable bonds is 6. The lowest BCUT2D eigenvalue weighted by molar-refractivity contribution is -0.144. The van der Waals surface area contributed by atoms with E-state index in [1.54, 1.807) is 12.2 Å². The second kappa shape index (κ2) is 7.20. The fourth-order valence-corrected chi connectivity index (χ4v) is 0.759. The molecule has 0 aromatic heterocycles. The first-order valence-corrected chi connectivity index (χ1v) is 4.51. The summed E-state index contributed by atoms with van der Waals surface area (Å²) < 4.78 is 4.70. The first-order chi connectivity index (χ1) is 6.52. The maximum Gasteiger partial charge on any atom is 0.313 e. The Balaban J connectivity index is 3.53. The minimum absolute atomic E-state index is 0.148. The zero-order valence-corrected chi connectivity index (χ0v) is 8.80. The van der Waals surface area contributed by atoms with Gasteiger partial charge in [0.1, 0.15) is 18.8 Å². The fourth-order valence-electron chi connectivity index (χ4n) is 0.663. The molecule has 0 rings (SSSR count). The lowest BCUT2D eigenvalue weighted by Gasteiger charge is -1.98. The molecule has 0 saturated heterocycles. The molecule has 0 aliphatic carbocycles. The Morgan fingerprint density at radius 3 is 2.57 bits per heavy atom. The maximum absolute atomic E-state index is 10.8. The van der Waals surface area contributed by atoms with Crippen molar-refractivity contribution in [1.82, 2.24) is 0 Å². The van der Waals surface area contributed by atoms with Crippen LogP contribution in [-0.4, -0.2) is 23.3 Å². The van der Waals surface area contributed by atoms with Crippen LogP contribution in [0, 0.1) is 0 Å². The number of esters is 1. The van der Waals surface area contributed by atoms with Gasteiger partial charge in [-0.05, 0) is 6.92 Å². The van der Waals surface area contributed by atoms with Crippen molar-refractivity contribution in [3.8, 4) is 0 Å². The molecule has 14 heavy (non-hydrogen) atoms. The number of Topliss-reactive ketones (excluding diaryl/α,β-unsaturated/α-hetero) is 1. The molecular formula is C9H13NO3S. The predicted octanol–water partition coefficient (Wildman–Crippen LogP) is 0.741. The molecule has 4 nitrogen and oxygen atoms in total. The number of thiocarbonyl (C=S) groups is 1. The van der Waals surface area contributed by atoms with E-state index >= 15 is 0 Å². The molecule has 0 amide bonds. The van der Waals surface area contributed by atoms with Gasteiger partial charge in [-0.25, -0.2) is 0 Å². The summed E-state index contributed by atoms with van der Waals surface area (Å²) in [6.45, 7) is 1.48. The van der Waals surface area contributed by atoms with E-state index in [1.807, 2.05) is 0 Å². The summed E-state index contributed by atoms with van der Waals surface area (Å²) in [6, 6.07) is 0. The number of hydrogen-bond donors (Lipinski definition) is 1. The summed E-state index contributed by atoms with van der Waals surface area (Å²) in [4.78, 5) is 21.7. The third kappa shape index (κ3) is 8.86. The van der Waals surface area contributed by atoms with E-state index in [4.69, 9.17) is 10.5 Å². The van der Waals surface area contributed by atoms with Gasteiger partial charge in [0.05, 0.1) is 4.99 Å². The minimum Gasteiger partial charge on any atom is -0.461 e. The van der Waals surface area contributed by atoms with Crippen molar-refractivity contribution in [3.05, 3.63) is 12.2 Å². The van der Waals surface area contributed by atoms with Gasteiger partial charge in [-0.3, -0.25) is 9.59 Å². The van der Waals surface area contributed by atoms with E-state index in [0.29, 0.717) is 11.4 Å². The Kier molecular flexibility index (Phi) is 6.57. The lowest BCUT2D eigenvalue weighted by atomic mass is 10.3. The van der Waals surface area contributed by atoms with E-state index in [2.05, 4.69) is 12.2 Å². The van der Waals surface area contributed by atoms with Crippen LogP contribution in [0.15, 0.2) is 12.2 Å². The van der Waals surface area contributed by atoms with E-state index in [0.717, 1.165) is 0 Å². The summed E-state index contributed by atoms with van der Waals surface area (Å²) in [5, 5.41) is 0. The lowest BCUT2D eigenvalue weighted by Crippen LogP contribution is -2.09. The molecule has 0 aromatic rings. The largest absolute Gasteiger partial charge is 0.461 e. The van der Waals surface area contributed by atoms with Gasteiger partial charge in [-0.2, -0.15) is 0 Å². The molecule has 0 radical (unpaired) electrons. The highest BCUT2D eigenvalue weighted by molar-refractivity contribution is 7.80. The van der Waals surface area contributed by atoms with Crippen LogP contribution in [0.4, 0.5) is 0 Å². The van der Waals surface area contributed by atoms with Crippen LogP contribution < -0.4 is 5.73 Å². The Bertz CT molecular complexity index is 261. The van der Waals surface area contributed by atoms with Crippen molar-refractivity contribution >= 4 is 29.0 Å². The highest BCUT2D eigenvalue weighted by Gasteiger charge is 2.04. The van der Waals surface area contributed by atoms with Crippen LogP contribution in [0.25, 0.3) is 0 Å². The Hall–Kier alpha value is -1.23. The molecule has 0 saturated carbocycles. The number of hydrogen-bond acceptors (Lipinski definition) is 4. The van der Waals surface area contributed by atoms with Gasteiger partial charge in [-0.15, -0.1) is 0 Å². The average Bonchev–Trinajstić information content (AvgIpc) is 2.01. The van der Waals surface area contributed by atoms with Gasteiger partial charge in [0.25, 0.3) is 0 Å². The van der Waals surface area contributed by atoms with Gasteiger partial charge < -0.3 is 10.5 Å². The molecule has 0 aliphatic rings. The van der Waals surface area contributed by atoms with Gasteiger partial charge in [0.2, 0.25) is 0 Å². The number of ether oxygens (including phenoxy) is 1. The first-order valence-electron chi connectivity index (χ1n) is 4.10. The van der Waals surface area contributed by atoms with E-state index in [-0.39, 0.29) is 18.8 Å². The van der Waals surface area contributed by atoms with Crippen molar-refractivity contribution < 1.29 is 14.3 Å². The van der Waals surface area contributed by atoms with Crippen molar-refractivity contribution in [1.29, 1.82) is 0 Å². The zero-order valence-electron chi connectivity index (χ0n) is 7.99. The monoisotopic (exact) mass is 215 g/mol. The molecule has 0 spiro atoms. The summed E-state index contributed by atoms with van der Waals surface area (Å²) in [5.41, 5.74) is 5.23. The Morgan fingerprint density at radius 2 is 2.07 bits per heavy atom. The van der Waals surface area contributed by atoms with Crippen LogP contribution in [0.3, 0.4) is 0 Å². The molecule has 5 heteroatoms. The molecule has 0 heterocycles. The third-order valence-corrected chi connectivity index (χ3v) is 1.39. The maximum atomic E-state index is 10.8. The quantitative estimate of drug-likeness (QED) is 0.306. The molecule has 78 valence electrons. The zero-order chi connectivity index (χ0) is 11.0. The summed E-state index contributed by atoms with van der Waals surface area (Å²) in [7, 11) is 0. The van der Waals surface area contributed by atoms with E-state index in [1.165, 1.54) is 6.92 Å². The number of carbonyl (C=O) groups excluding carboxylic acids is 2. The number of ketones is 1. The number of nitrogens with two attached hydrogens (primary N) is 1. The van der Waals surface area contributed by atoms with Crippen molar-refractivity contribution in [2.24, 2.45) is 5.73 Å². The van der Waals surface area contributed by atoms with Crippen LogP contribution >= 0.6 is 12.2 Å². The van der Waals surface area contributed by atoms with Crippen LogP contribution in [0.1, 0.15) is 19.8 Å². The molecule has 0 fully saturated rings. The van der Waals surface area contributed by atoms with E-state index in [9.17, 15) is 9.59 Å². The standard InChI is InChI=1S/C9H13NO3S/c1-7(11)6-9(12)13-5-3-2-4-8(10)14/h2-3H,4-6H2,1H3,(H2,10,14). The Morgan fingerprint density at radius 1 is 1.43 bits per heavy atom. The predicted molar refractivity (Wildman–Crippen MR) is 56.8 cm³/mol. The van der Waals surface area contributed by atoms with Gasteiger partial charge >= 0.3 is 5.97 Å². The molecule has 2 N–H and O–H groups in total. The smallest absolute Gasteiger partial charge is 0.313 e. The third-order valence-electron chi connectivity index (χ3n) is 1.22. The highest BCUT2D eigenvalue weighted by atomic mass is 32.1. The highest BCUT2D eigenvalue weighted by Crippen LogP contribution is 1.89. The normalized spacial score (nSPS) is 10.1. The minimum atomic E-state index is -0.516. The van der Waals surface area contributed by atoms with E-state index < -0.39 is 5.97 Å². The number of carbonyl (C=O) groups is 2. The van der Waals surface area contributed by atoms with Crippen molar-refractivity contribution in [2.75, 3.05) is 6.61 Å². The van der Waals surface area contributed by atoms with Crippen molar-refractivity contribution in [2.45, 2.75) is 19.8 Å². The summed E-state index contributed by atoms with van der Waals surface area (Å²) in [6.07, 6.45) is 3.66. The second-order valence-electron chi connectivity index (χ2n) is 2.70. The molecular weight excluding hydrogens is 202 g/mol. The average molecular weight is 215 g/mol. The topological polar surface area (TPSA) is 69.4 Å².